The van der Waals surface area contributed by atoms with Crippen LogP contribution in [-0.4, -0.2) is 37.6 Å². The molecule has 1 aromatic rings. The number of hydrogen-bond donors (Lipinski definition) is 1. The van der Waals surface area contributed by atoms with Gasteiger partial charge in [-0.05, 0) is 38.5 Å². The van der Waals surface area contributed by atoms with Crippen LogP contribution in [0.1, 0.15) is 32.4 Å². The Labute approximate surface area is 120 Å². The zero-order valence-corrected chi connectivity index (χ0v) is 12.7. The fourth-order valence-electron chi connectivity index (χ4n) is 1.89. The summed E-state index contributed by atoms with van der Waals surface area (Å²) >= 11 is 0. The second-order valence-corrected chi connectivity index (χ2v) is 4.55. The molecule has 1 aromatic carbocycles. The van der Waals surface area contributed by atoms with Crippen LogP contribution in [0.25, 0.3) is 0 Å². The van der Waals surface area contributed by atoms with Crippen LogP contribution in [0, 0.1) is 0 Å². The van der Waals surface area contributed by atoms with E-state index in [1.807, 2.05) is 32.9 Å². The summed E-state index contributed by atoms with van der Waals surface area (Å²) in [6.07, 6.45) is 0. The van der Waals surface area contributed by atoms with Crippen molar-refractivity contribution in [3.63, 3.8) is 0 Å². The highest BCUT2D eigenvalue weighted by Gasteiger charge is 2.13. The van der Waals surface area contributed by atoms with E-state index in [-0.39, 0.29) is 18.6 Å². The maximum atomic E-state index is 11.9. The van der Waals surface area contributed by atoms with E-state index in [1.165, 1.54) is 0 Å². The monoisotopic (exact) mass is 280 g/mol. The van der Waals surface area contributed by atoms with Crippen molar-refractivity contribution in [2.45, 2.75) is 26.8 Å². The summed E-state index contributed by atoms with van der Waals surface area (Å²) in [5.41, 5.74) is 6.79. The van der Waals surface area contributed by atoms with Crippen LogP contribution in [0.5, 0.6) is 11.5 Å². The molecule has 1 unspecified atom stereocenters. The van der Waals surface area contributed by atoms with Crippen molar-refractivity contribution >= 4 is 5.91 Å². The minimum Gasteiger partial charge on any atom is -0.493 e. The molecular formula is C15H24N2O3. The van der Waals surface area contributed by atoms with Crippen molar-refractivity contribution in [1.29, 1.82) is 0 Å². The molecule has 0 aromatic heterocycles. The third kappa shape index (κ3) is 4.13. The summed E-state index contributed by atoms with van der Waals surface area (Å²) in [7, 11) is 1.57. The molecule has 0 spiro atoms. The molecule has 1 rings (SSSR count). The molecule has 0 aliphatic rings. The number of amides is 1. The van der Waals surface area contributed by atoms with Gasteiger partial charge in [0.2, 0.25) is 0 Å². The van der Waals surface area contributed by atoms with Gasteiger partial charge >= 0.3 is 0 Å². The Morgan fingerprint density at radius 3 is 2.45 bits per heavy atom. The molecule has 0 bridgehead atoms. The molecule has 1 atom stereocenters. The lowest BCUT2D eigenvalue weighted by Gasteiger charge is -2.19. The van der Waals surface area contributed by atoms with Gasteiger partial charge in [0.05, 0.1) is 7.11 Å². The summed E-state index contributed by atoms with van der Waals surface area (Å²) in [6.45, 7) is 7.16. The molecule has 112 valence electrons. The molecular weight excluding hydrogens is 256 g/mol. The lowest BCUT2D eigenvalue weighted by Crippen LogP contribution is -2.34. The third-order valence-electron chi connectivity index (χ3n) is 3.18. The summed E-state index contributed by atoms with van der Waals surface area (Å²) in [6, 6.07) is 5.43. The number of nitrogens with zero attached hydrogens (tertiary/aromatic N) is 1. The standard InChI is InChI=1S/C15H24N2O3/c1-5-17(6-2)15(18)10-20-13-8-7-12(11(3)16)9-14(13)19-4/h7-9,11H,5-6,10,16H2,1-4H3. The lowest BCUT2D eigenvalue weighted by atomic mass is 10.1. The average Bonchev–Trinajstić information content (AvgIpc) is 2.45. The van der Waals surface area contributed by atoms with Gasteiger partial charge in [-0.25, -0.2) is 0 Å². The van der Waals surface area contributed by atoms with Crippen molar-refractivity contribution in [3.8, 4) is 11.5 Å². The zero-order valence-electron chi connectivity index (χ0n) is 12.7. The van der Waals surface area contributed by atoms with E-state index in [4.69, 9.17) is 15.2 Å². The highest BCUT2D eigenvalue weighted by Crippen LogP contribution is 2.29. The van der Waals surface area contributed by atoms with Crippen molar-refractivity contribution in [2.24, 2.45) is 5.73 Å². The number of likely N-dealkylation sites (N-methyl/N-ethyl adjacent to an activating group) is 1. The number of hydrogen-bond acceptors (Lipinski definition) is 4. The Balaban J connectivity index is 2.75. The topological polar surface area (TPSA) is 64.8 Å². The van der Waals surface area contributed by atoms with E-state index in [0.29, 0.717) is 24.6 Å². The molecule has 0 fully saturated rings. The first-order valence-electron chi connectivity index (χ1n) is 6.87. The minimum absolute atomic E-state index is 0.00949. The molecule has 5 nitrogen and oxygen atoms in total. The quantitative estimate of drug-likeness (QED) is 0.829. The number of carbonyl (C=O) groups is 1. The Bertz CT molecular complexity index is 443. The van der Waals surface area contributed by atoms with Crippen molar-refractivity contribution in [3.05, 3.63) is 23.8 Å². The van der Waals surface area contributed by atoms with E-state index >= 15 is 0 Å². The van der Waals surface area contributed by atoms with Gasteiger partial charge in [0.25, 0.3) is 5.91 Å². The Hall–Kier alpha value is -1.75. The first-order chi connectivity index (χ1) is 9.53. The molecule has 1 amide bonds. The summed E-state index contributed by atoms with van der Waals surface area (Å²) in [4.78, 5) is 13.6. The molecule has 0 saturated carbocycles. The van der Waals surface area contributed by atoms with Crippen LogP contribution >= 0.6 is 0 Å². The lowest BCUT2D eigenvalue weighted by molar-refractivity contribution is -0.132. The molecule has 0 aliphatic carbocycles. The first-order valence-corrected chi connectivity index (χ1v) is 6.87. The number of methoxy groups -OCH3 is 1. The highest BCUT2D eigenvalue weighted by molar-refractivity contribution is 5.77. The van der Waals surface area contributed by atoms with Crippen LogP contribution in [-0.2, 0) is 4.79 Å². The predicted molar refractivity (Wildman–Crippen MR) is 79.0 cm³/mol. The van der Waals surface area contributed by atoms with Gasteiger partial charge in [-0.15, -0.1) is 0 Å². The third-order valence-corrected chi connectivity index (χ3v) is 3.18. The minimum atomic E-state index is -0.0738. The summed E-state index contributed by atoms with van der Waals surface area (Å²) < 4.78 is 10.8. The van der Waals surface area contributed by atoms with Crippen molar-refractivity contribution < 1.29 is 14.3 Å². The van der Waals surface area contributed by atoms with Crippen LogP contribution in [0.3, 0.4) is 0 Å². The molecule has 0 radical (unpaired) electrons. The number of ether oxygens (including phenoxy) is 2. The number of benzene rings is 1. The van der Waals surface area contributed by atoms with Crippen LogP contribution < -0.4 is 15.2 Å². The molecule has 0 aliphatic heterocycles. The highest BCUT2D eigenvalue weighted by atomic mass is 16.5. The fraction of sp³-hybridized carbons (Fsp3) is 0.533. The average molecular weight is 280 g/mol. The van der Waals surface area contributed by atoms with Crippen LogP contribution in [0.4, 0.5) is 0 Å². The van der Waals surface area contributed by atoms with Gasteiger partial charge in [0, 0.05) is 19.1 Å². The Morgan fingerprint density at radius 2 is 1.95 bits per heavy atom. The predicted octanol–water partition coefficient (Wildman–Crippen LogP) is 1.96. The smallest absolute Gasteiger partial charge is 0.260 e. The van der Waals surface area contributed by atoms with Gasteiger partial charge in [0.1, 0.15) is 0 Å². The molecule has 2 N–H and O–H groups in total. The van der Waals surface area contributed by atoms with E-state index < -0.39 is 0 Å². The molecule has 0 saturated heterocycles. The molecule has 0 heterocycles. The van der Waals surface area contributed by atoms with E-state index in [0.717, 1.165) is 5.56 Å². The number of rotatable bonds is 7. The maximum absolute atomic E-state index is 11.9. The maximum Gasteiger partial charge on any atom is 0.260 e. The SMILES string of the molecule is CCN(CC)C(=O)COc1ccc(C(C)N)cc1OC. The largest absolute Gasteiger partial charge is 0.493 e. The normalized spacial score (nSPS) is 11.8. The fourth-order valence-corrected chi connectivity index (χ4v) is 1.89. The summed E-state index contributed by atoms with van der Waals surface area (Å²) in [5, 5.41) is 0. The van der Waals surface area contributed by atoms with Gasteiger partial charge in [-0.1, -0.05) is 6.07 Å². The second-order valence-electron chi connectivity index (χ2n) is 4.55. The second kappa shape index (κ2) is 7.75. The number of nitrogens with two attached hydrogens (primary N) is 1. The van der Waals surface area contributed by atoms with Gasteiger partial charge < -0.3 is 20.1 Å². The van der Waals surface area contributed by atoms with E-state index in [9.17, 15) is 4.79 Å². The first kappa shape index (κ1) is 16.3. The summed E-state index contributed by atoms with van der Waals surface area (Å²) in [5.74, 6) is 1.11. The van der Waals surface area contributed by atoms with E-state index in [1.54, 1.807) is 18.1 Å². The van der Waals surface area contributed by atoms with Crippen molar-refractivity contribution in [1.82, 2.24) is 4.90 Å². The van der Waals surface area contributed by atoms with Crippen LogP contribution in [0.15, 0.2) is 18.2 Å². The van der Waals surface area contributed by atoms with Crippen LogP contribution in [0.2, 0.25) is 0 Å². The number of carbonyl (C=O) groups excluding carboxylic acids is 1. The Morgan fingerprint density at radius 1 is 1.30 bits per heavy atom. The Kier molecular flexibility index (Phi) is 6.31. The molecule has 5 heteroatoms. The molecule has 20 heavy (non-hydrogen) atoms. The van der Waals surface area contributed by atoms with Gasteiger partial charge in [-0.2, -0.15) is 0 Å². The van der Waals surface area contributed by atoms with Crippen molar-refractivity contribution in [2.75, 3.05) is 26.8 Å². The van der Waals surface area contributed by atoms with E-state index in [2.05, 4.69) is 0 Å². The van der Waals surface area contributed by atoms with Gasteiger partial charge in [-0.3, -0.25) is 4.79 Å². The zero-order chi connectivity index (χ0) is 15.1. The van der Waals surface area contributed by atoms with Gasteiger partial charge in [0.15, 0.2) is 18.1 Å².